The minimum atomic E-state index is 0.392. The number of imidazole rings is 1. The van der Waals surface area contributed by atoms with Crippen LogP contribution in [-0.2, 0) is 13.0 Å². The van der Waals surface area contributed by atoms with E-state index in [1.165, 1.54) is 0 Å². The number of phenolic OH excluding ortho intramolecular Hbond substituents is 1. The van der Waals surface area contributed by atoms with Gasteiger partial charge in [-0.15, -0.1) is 0 Å². The fourth-order valence-corrected chi connectivity index (χ4v) is 1.59. The Balaban J connectivity index is 1.86. The smallest absolute Gasteiger partial charge is 0.118 e. The monoisotopic (exact) mass is 202 g/mol. The topological polar surface area (TPSA) is 38.0 Å². The third-order valence-electron chi connectivity index (χ3n) is 2.41. The molecule has 1 aromatic carbocycles. The number of phenols is 1. The summed E-state index contributed by atoms with van der Waals surface area (Å²) in [6.45, 7) is 0.939. The molecule has 0 fully saturated rings. The number of hydrogen-bond donors (Lipinski definition) is 1. The maximum Gasteiger partial charge on any atom is 0.118 e. The maximum atomic E-state index is 9.55. The van der Waals surface area contributed by atoms with Crippen LogP contribution in [0.1, 0.15) is 12.0 Å². The highest BCUT2D eigenvalue weighted by Gasteiger charge is 1.99. The number of para-hydroxylation sites is 1. The lowest BCUT2D eigenvalue weighted by Gasteiger charge is -2.04. The molecule has 0 aliphatic carbocycles. The highest BCUT2D eigenvalue weighted by Crippen LogP contribution is 2.17. The minimum absolute atomic E-state index is 0.392. The second-order valence-electron chi connectivity index (χ2n) is 3.53. The Hall–Kier alpha value is -1.77. The van der Waals surface area contributed by atoms with Crippen molar-refractivity contribution in [2.24, 2.45) is 0 Å². The van der Waals surface area contributed by atoms with Crippen molar-refractivity contribution in [2.45, 2.75) is 19.4 Å². The molecule has 0 saturated heterocycles. The van der Waals surface area contributed by atoms with Crippen LogP contribution in [0.5, 0.6) is 5.75 Å². The average Bonchev–Trinajstić information content (AvgIpc) is 2.74. The van der Waals surface area contributed by atoms with Crippen molar-refractivity contribution in [3.05, 3.63) is 48.5 Å². The summed E-state index contributed by atoms with van der Waals surface area (Å²) in [6.07, 6.45) is 7.44. The van der Waals surface area contributed by atoms with Crippen molar-refractivity contribution in [1.29, 1.82) is 0 Å². The maximum absolute atomic E-state index is 9.55. The molecular formula is C12H14N2O. The van der Waals surface area contributed by atoms with Gasteiger partial charge in [-0.05, 0) is 24.5 Å². The number of nitrogens with zero attached hydrogens (tertiary/aromatic N) is 2. The van der Waals surface area contributed by atoms with Gasteiger partial charge < -0.3 is 9.67 Å². The van der Waals surface area contributed by atoms with Gasteiger partial charge in [0.05, 0.1) is 6.33 Å². The van der Waals surface area contributed by atoms with Gasteiger partial charge in [-0.1, -0.05) is 18.2 Å². The first-order valence-corrected chi connectivity index (χ1v) is 5.09. The highest BCUT2D eigenvalue weighted by molar-refractivity contribution is 5.31. The largest absolute Gasteiger partial charge is 0.508 e. The summed E-state index contributed by atoms with van der Waals surface area (Å²) in [7, 11) is 0. The van der Waals surface area contributed by atoms with Crippen LogP contribution >= 0.6 is 0 Å². The molecule has 0 spiro atoms. The Morgan fingerprint density at radius 1 is 1.27 bits per heavy atom. The number of hydrogen-bond acceptors (Lipinski definition) is 2. The average molecular weight is 202 g/mol. The van der Waals surface area contributed by atoms with Crippen LogP contribution < -0.4 is 0 Å². The van der Waals surface area contributed by atoms with Gasteiger partial charge in [0, 0.05) is 18.9 Å². The lowest BCUT2D eigenvalue weighted by Crippen LogP contribution is -1.96. The van der Waals surface area contributed by atoms with E-state index in [4.69, 9.17) is 0 Å². The molecule has 2 rings (SSSR count). The number of aromatic nitrogens is 2. The van der Waals surface area contributed by atoms with E-state index in [1.54, 1.807) is 12.3 Å². The van der Waals surface area contributed by atoms with Gasteiger partial charge in [0.15, 0.2) is 0 Å². The molecule has 0 amide bonds. The van der Waals surface area contributed by atoms with Crippen LogP contribution in [0.15, 0.2) is 43.0 Å². The first-order valence-electron chi connectivity index (χ1n) is 5.09. The molecule has 0 atom stereocenters. The van der Waals surface area contributed by atoms with Gasteiger partial charge in [0.25, 0.3) is 0 Å². The molecule has 1 N–H and O–H groups in total. The summed E-state index contributed by atoms with van der Waals surface area (Å²) in [4.78, 5) is 3.98. The molecule has 15 heavy (non-hydrogen) atoms. The summed E-state index contributed by atoms with van der Waals surface area (Å²) in [5.41, 5.74) is 1.01. The van der Waals surface area contributed by atoms with Gasteiger partial charge in [-0.25, -0.2) is 4.98 Å². The third kappa shape index (κ3) is 2.59. The van der Waals surface area contributed by atoms with Crippen LogP contribution in [0.2, 0.25) is 0 Å². The van der Waals surface area contributed by atoms with Gasteiger partial charge in [0.1, 0.15) is 5.75 Å². The molecule has 3 nitrogen and oxygen atoms in total. The number of rotatable bonds is 4. The summed E-state index contributed by atoms with van der Waals surface area (Å²) in [5.74, 6) is 0.392. The van der Waals surface area contributed by atoms with Gasteiger partial charge in [0.2, 0.25) is 0 Å². The van der Waals surface area contributed by atoms with E-state index >= 15 is 0 Å². The first-order chi connectivity index (χ1) is 7.36. The second-order valence-corrected chi connectivity index (χ2v) is 3.53. The van der Waals surface area contributed by atoms with Crippen LogP contribution in [-0.4, -0.2) is 14.7 Å². The third-order valence-corrected chi connectivity index (χ3v) is 2.41. The van der Waals surface area contributed by atoms with Crippen LogP contribution in [0.3, 0.4) is 0 Å². The molecule has 0 saturated carbocycles. The van der Waals surface area contributed by atoms with Crippen molar-refractivity contribution in [3.8, 4) is 5.75 Å². The second kappa shape index (κ2) is 4.64. The van der Waals surface area contributed by atoms with Crippen LogP contribution in [0.4, 0.5) is 0 Å². The number of aromatic hydroxyl groups is 1. The molecule has 1 heterocycles. The molecule has 0 aliphatic rings. The quantitative estimate of drug-likeness (QED) is 0.825. The van der Waals surface area contributed by atoms with Gasteiger partial charge >= 0.3 is 0 Å². The lowest BCUT2D eigenvalue weighted by molar-refractivity contribution is 0.465. The Morgan fingerprint density at radius 3 is 2.87 bits per heavy atom. The molecular weight excluding hydrogens is 188 g/mol. The molecule has 1 aromatic heterocycles. The fraction of sp³-hybridized carbons (Fsp3) is 0.250. The Bertz CT molecular complexity index is 409. The zero-order valence-corrected chi connectivity index (χ0v) is 8.50. The highest BCUT2D eigenvalue weighted by atomic mass is 16.3. The van der Waals surface area contributed by atoms with E-state index in [0.717, 1.165) is 24.9 Å². The van der Waals surface area contributed by atoms with E-state index < -0.39 is 0 Å². The van der Waals surface area contributed by atoms with E-state index in [-0.39, 0.29) is 0 Å². The normalized spacial score (nSPS) is 10.4. The Kier molecular flexibility index (Phi) is 3.02. The summed E-state index contributed by atoms with van der Waals surface area (Å²) in [6, 6.07) is 7.48. The standard InChI is InChI=1S/C12H14N2O/c15-12-6-2-1-4-11(12)5-3-8-14-9-7-13-10-14/h1-2,4,6-7,9-10,15H,3,5,8H2. The van der Waals surface area contributed by atoms with E-state index in [0.29, 0.717) is 5.75 Å². The van der Waals surface area contributed by atoms with Crippen molar-refractivity contribution < 1.29 is 5.11 Å². The van der Waals surface area contributed by atoms with E-state index in [2.05, 4.69) is 4.98 Å². The zero-order valence-electron chi connectivity index (χ0n) is 8.50. The van der Waals surface area contributed by atoms with E-state index in [9.17, 15) is 5.11 Å². The first kappa shape index (κ1) is 9.77. The fourth-order valence-electron chi connectivity index (χ4n) is 1.59. The van der Waals surface area contributed by atoms with Crippen LogP contribution in [0.25, 0.3) is 0 Å². The molecule has 78 valence electrons. The van der Waals surface area contributed by atoms with Crippen LogP contribution in [0, 0.1) is 0 Å². The molecule has 0 unspecified atom stereocenters. The summed E-state index contributed by atoms with van der Waals surface area (Å²) < 4.78 is 2.04. The van der Waals surface area contributed by atoms with E-state index in [1.807, 2.05) is 35.3 Å². The Labute approximate surface area is 89.0 Å². The molecule has 3 heteroatoms. The molecule has 2 aromatic rings. The van der Waals surface area contributed by atoms with Gasteiger partial charge in [-0.3, -0.25) is 0 Å². The van der Waals surface area contributed by atoms with Crippen molar-refractivity contribution >= 4 is 0 Å². The predicted octanol–water partition coefficient (Wildman–Crippen LogP) is 2.22. The predicted molar refractivity (Wildman–Crippen MR) is 58.7 cm³/mol. The molecule has 0 radical (unpaired) electrons. The van der Waals surface area contributed by atoms with Crippen molar-refractivity contribution in [1.82, 2.24) is 9.55 Å². The minimum Gasteiger partial charge on any atom is -0.508 e. The molecule has 0 aliphatic heterocycles. The summed E-state index contributed by atoms with van der Waals surface area (Å²) in [5, 5.41) is 9.55. The number of aryl methyl sites for hydroxylation is 2. The van der Waals surface area contributed by atoms with Gasteiger partial charge in [-0.2, -0.15) is 0 Å². The SMILES string of the molecule is Oc1ccccc1CCCn1ccnc1. The molecule has 0 bridgehead atoms. The Morgan fingerprint density at radius 2 is 2.13 bits per heavy atom. The van der Waals surface area contributed by atoms with Crippen molar-refractivity contribution in [2.75, 3.05) is 0 Å². The summed E-state index contributed by atoms with van der Waals surface area (Å²) >= 11 is 0. The zero-order chi connectivity index (χ0) is 10.5. The van der Waals surface area contributed by atoms with Crippen molar-refractivity contribution in [3.63, 3.8) is 0 Å². The number of benzene rings is 1. The lowest BCUT2D eigenvalue weighted by atomic mass is 10.1.